The number of hydrogen-bond acceptors (Lipinski definition) is 2. The van der Waals surface area contributed by atoms with Gasteiger partial charge in [0.2, 0.25) is 0 Å². The lowest BCUT2D eigenvalue weighted by Gasteiger charge is -2.06. The molecule has 2 aromatic heterocycles. The summed E-state index contributed by atoms with van der Waals surface area (Å²) < 4.78 is 1.31. The zero-order chi connectivity index (χ0) is 11.0. The summed E-state index contributed by atoms with van der Waals surface area (Å²) in [7, 11) is 0. The van der Waals surface area contributed by atoms with Crippen LogP contribution in [0.2, 0.25) is 0 Å². The van der Waals surface area contributed by atoms with Crippen molar-refractivity contribution in [3.8, 4) is 0 Å². The fraction of sp³-hybridized carbons (Fsp3) is 0.462. The van der Waals surface area contributed by atoms with Gasteiger partial charge in [0.1, 0.15) is 0 Å². The summed E-state index contributed by atoms with van der Waals surface area (Å²) in [6.45, 7) is 8.83. The Morgan fingerprint density at radius 3 is 2.40 bits per heavy atom. The molecule has 2 aromatic rings. The van der Waals surface area contributed by atoms with Crippen LogP contribution >= 0.6 is 11.3 Å². The monoisotopic (exact) mass is 219 g/mol. The fourth-order valence-corrected chi connectivity index (χ4v) is 2.74. The van der Waals surface area contributed by atoms with E-state index in [1.165, 1.54) is 21.5 Å². The lowest BCUT2D eigenvalue weighted by molar-refractivity contribution is 0.825. The van der Waals surface area contributed by atoms with Gasteiger partial charge in [0.25, 0.3) is 0 Å². The number of aromatic nitrogens is 1. The van der Waals surface area contributed by atoms with Gasteiger partial charge in [-0.15, -0.1) is 11.3 Å². The van der Waals surface area contributed by atoms with Gasteiger partial charge in [-0.3, -0.25) is 4.98 Å². The molecule has 2 rings (SSSR count). The number of fused-ring (bicyclic) bond motifs is 1. The molecule has 0 aliphatic rings. The summed E-state index contributed by atoms with van der Waals surface area (Å²) >= 11 is 1.80. The van der Waals surface area contributed by atoms with Crippen molar-refractivity contribution in [3.63, 3.8) is 0 Å². The Balaban J connectivity index is 2.61. The van der Waals surface area contributed by atoms with Gasteiger partial charge >= 0.3 is 0 Å². The highest BCUT2D eigenvalue weighted by Crippen LogP contribution is 2.30. The Morgan fingerprint density at radius 2 is 1.80 bits per heavy atom. The maximum Gasteiger partial charge on any atom is 0.0847 e. The van der Waals surface area contributed by atoms with E-state index in [0.717, 1.165) is 0 Å². The number of hydrogen-bond donors (Lipinski definition) is 0. The number of thiophene rings is 1. The third-order valence-electron chi connectivity index (χ3n) is 2.68. The molecule has 0 saturated heterocycles. The molecule has 0 N–H and O–H groups in total. The van der Waals surface area contributed by atoms with Gasteiger partial charge < -0.3 is 0 Å². The molecule has 0 aliphatic carbocycles. The van der Waals surface area contributed by atoms with E-state index < -0.39 is 0 Å². The summed E-state index contributed by atoms with van der Waals surface area (Å²) in [6, 6.07) is 4.35. The Bertz CT molecular complexity index is 468. The molecule has 0 atom stereocenters. The van der Waals surface area contributed by atoms with Gasteiger partial charge in [0, 0.05) is 5.69 Å². The van der Waals surface area contributed by atoms with Crippen molar-refractivity contribution < 1.29 is 0 Å². The lowest BCUT2D eigenvalue weighted by atomic mass is 10.0. The molecular formula is C13H17NS. The van der Waals surface area contributed by atoms with E-state index in [-0.39, 0.29) is 0 Å². The average Bonchev–Trinajstić information content (AvgIpc) is 2.59. The quantitative estimate of drug-likeness (QED) is 0.722. The molecule has 15 heavy (non-hydrogen) atoms. The molecule has 80 valence electrons. The van der Waals surface area contributed by atoms with Crippen LogP contribution in [0.25, 0.3) is 10.2 Å². The van der Waals surface area contributed by atoms with Crippen LogP contribution in [-0.4, -0.2) is 4.98 Å². The number of nitrogens with zero attached hydrogens (tertiary/aromatic N) is 1. The molecule has 1 nitrogen and oxygen atoms in total. The van der Waals surface area contributed by atoms with E-state index in [4.69, 9.17) is 4.98 Å². The molecule has 0 saturated carbocycles. The summed E-state index contributed by atoms with van der Waals surface area (Å²) in [4.78, 5) is 4.77. The largest absolute Gasteiger partial charge is 0.251 e. The van der Waals surface area contributed by atoms with Gasteiger partial charge in [-0.25, -0.2) is 0 Å². The van der Waals surface area contributed by atoms with E-state index in [9.17, 15) is 0 Å². The van der Waals surface area contributed by atoms with Crippen molar-refractivity contribution in [2.75, 3.05) is 0 Å². The van der Waals surface area contributed by atoms with Gasteiger partial charge in [0.15, 0.2) is 0 Å². The van der Waals surface area contributed by atoms with Crippen LogP contribution < -0.4 is 0 Å². The second-order valence-corrected chi connectivity index (χ2v) is 5.49. The highest BCUT2D eigenvalue weighted by atomic mass is 32.1. The third-order valence-corrected chi connectivity index (χ3v) is 3.63. The first-order chi connectivity index (χ1) is 7.09. The smallest absolute Gasteiger partial charge is 0.0847 e. The van der Waals surface area contributed by atoms with Crippen molar-refractivity contribution in [1.29, 1.82) is 0 Å². The zero-order valence-electron chi connectivity index (χ0n) is 9.74. The van der Waals surface area contributed by atoms with E-state index in [2.05, 4.69) is 45.2 Å². The zero-order valence-corrected chi connectivity index (χ0v) is 10.6. The van der Waals surface area contributed by atoms with E-state index in [1.807, 2.05) is 0 Å². The maximum absolute atomic E-state index is 4.77. The molecule has 0 amide bonds. The molecule has 2 heterocycles. The van der Waals surface area contributed by atoms with Crippen LogP contribution in [0.1, 0.15) is 50.8 Å². The number of pyridine rings is 1. The van der Waals surface area contributed by atoms with Crippen molar-refractivity contribution in [2.24, 2.45) is 0 Å². The highest BCUT2D eigenvalue weighted by molar-refractivity contribution is 7.17. The number of rotatable bonds is 2. The van der Waals surface area contributed by atoms with Gasteiger partial charge in [-0.2, -0.15) is 0 Å². The second-order valence-electron chi connectivity index (χ2n) is 4.58. The normalized spacial score (nSPS) is 11.9. The first-order valence-electron chi connectivity index (χ1n) is 5.47. The summed E-state index contributed by atoms with van der Waals surface area (Å²) in [5.41, 5.74) is 3.79. The minimum atomic E-state index is 0.509. The molecule has 2 heteroatoms. The van der Waals surface area contributed by atoms with Crippen LogP contribution in [0.4, 0.5) is 0 Å². The molecule has 0 radical (unpaired) electrons. The summed E-state index contributed by atoms with van der Waals surface area (Å²) in [6.07, 6.45) is 0. The summed E-state index contributed by atoms with van der Waals surface area (Å²) in [5, 5.41) is 2.24. The highest BCUT2D eigenvalue weighted by Gasteiger charge is 2.10. The molecule has 0 spiro atoms. The topological polar surface area (TPSA) is 12.9 Å². The molecular weight excluding hydrogens is 202 g/mol. The molecule has 0 fully saturated rings. The molecule has 0 aliphatic heterocycles. The Labute approximate surface area is 95.2 Å². The van der Waals surface area contributed by atoms with Gasteiger partial charge in [-0.1, -0.05) is 27.7 Å². The van der Waals surface area contributed by atoms with Crippen molar-refractivity contribution in [1.82, 2.24) is 4.98 Å². The van der Waals surface area contributed by atoms with Crippen LogP contribution in [-0.2, 0) is 0 Å². The lowest BCUT2D eigenvalue weighted by Crippen LogP contribution is -1.93. The van der Waals surface area contributed by atoms with E-state index in [0.29, 0.717) is 11.8 Å². The van der Waals surface area contributed by atoms with Crippen LogP contribution in [0.5, 0.6) is 0 Å². The van der Waals surface area contributed by atoms with Crippen molar-refractivity contribution >= 4 is 21.6 Å². The molecule has 0 aromatic carbocycles. The molecule has 0 unspecified atom stereocenters. The second kappa shape index (κ2) is 3.93. The van der Waals surface area contributed by atoms with Crippen LogP contribution in [0.15, 0.2) is 17.5 Å². The van der Waals surface area contributed by atoms with Gasteiger partial charge in [-0.05, 0) is 34.9 Å². The maximum atomic E-state index is 4.77. The first-order valence-corrected chi connectivity index (χ1v) is 6.35. The van der Waals surface area contributed by atoms with E-state index in [1.54, 1.807) is 11.3 Å². The summed E-state index contributed by atoms with van der Waals surface area (Å²) in [5.74, 6) is 1.07. The third kappa shape index (κ3) is 1.91. The molecule has 0 bridgehead atoms. The fourth-order valence-electron chi connectivity index (χ4n) is 1.68. The Hall–Kier alpha value is -0.890. The predicted molar refractivity (Wildman–Crippen MR) is 67.8 cm³/mol. The van der Waals surface area contributed by atoms with Crippen molar-refractivity contribution in [3.05, 3.63) is 28.8 Å². The standard InChI is InChI=1S/C13H17NS/c1-8(2)10-7-15-12-6-5-11(9(3)4)14-13(10)12/h5-9H,1-4H3. The van der Waals surface area contributed by atoms with Crippen LogP contribution in [0.3, 0.4) is 0 Å². The Kier molecular flexibility index (Phi) is 2.79. The van der Waals surface area contributed by atoms with E-state index >= 15 is 0 Å². The Morgan fingerprint density at radius 1 is 1.07 bits per heavy atom. The van der Waals surface area contributed by atoms with Crippen molar-refractivity contribution in [2.45, 2.75) is 39.5 Å². The first kappa shape index (κ1) is 10.6. The minimum absolute atomic E-state index is 0.509. The SMILES string of the molecule is CC(C)c1ccc2scc(C(C)C)c2n1. The van der Waals surface area contributed by atoms with Gasteiger partial charge in [0.05, 0.1) is 10.2 Å². The average molecular weight is 219 g/mol. The minimum Gasteiger partial charge on any atom is -0.251 e. The van der Waals surface area contributed by atoms with Crippen LogP contribution in [0, 0.1) is 0 Å². The predicted octanol–water partition coefficient (Wildman–Crippen LogP) is 4.54.